The number of hydrogen-bond donors (Lipinski definition) is 0. The Morgan fingerprint density at radius 1 is 1.16 bits per heavy atom. The third-order valence-electron chi connectivity index (χ3n) is 4.55. The lowest BCUT2D eigenvalue weighted by Crippen LogP contribution is -2.49. The molecule has 2 saturated heterocycles. The van der Waals surface area contributed by atoms with Crippen LogP contribution in [0, 0.1) is 0 Å². The first kappa shape index (κ1) is 13.1. The van der Waals surface area contributed by atoms with Gasteiger partial charge in [-0.25, -0.2) is 0 Å². The fourth-order valence-corrected chi connectivity index (χ4v) is 3.19. The molecular weight excluding hydrogens is 234 g/mol. The molecule has 0 radical (unpaired) electrons. The first-order valence-corrected chi connectivity index (χ1v) is 7.78. The largest absolute Gasteiger partial charge is 0.377 e. The summed E-state index contributed by atoms with van der Waals surface area (Å²) >= 11 is 0. The van der Waals surface area contributed by atoms with E-state index in [1.54, 1.807) is 0 Å². The van der Waals surface area contributed by atoms with Crippen molar-refractivity contribution in [3.63, 3.8) is 0 Å². The summed E-state index contributed by atoms with van der Waals surface area (Å²) in [6, 6.07) is 9.19. The van der Waals surface area contributed by atoms with Gasteiger partial charge in [-0.1, -0.05) is 31.2 Å². The Balaban J connectivity index is 1.46. The molecule has 2 fully saturated rings. The maximum absolute atomic E-state index is 5.81. The second kappa shape index (κ2) is 6.06. The monoisotopic (exact) mass is 259 g/mol. The Morgan fingerprint density at radius 2 is 1.95 bits per heavy atom. The SMILES string of the molecule is CCc1ccc(C2CN(CC3CCCCO3)C2)cc1. The van der Waals surface area contributed by atoms with Crippen LogP contribution in [0.15, 0.2) is 24.3 Å². The second-order valence-corrected chi connectivity index (χ2v) is 6.00. The van der Waals surface area contributed by atoms with E-state index in [0.29, 0.717) is 6.10 Å². The molecule has 104 valence electrons. The molecule has 2 aliphatic rings. The van der Waals surface area contributed by atoms with E-state index in [2.05, 4.69) is 36.1 Å². The van der Waals surface area contributed by atoms with Gasteiger partial charge in [0.1, 0.15) is 0 Å². The summed E-state index contributed by atoms with van der Waals surface area (Å²) in [4.78, 5) is 2.55. The third kappa shape index (κ3) is 3.18. The first-order valence-electron chi connectivity index (χ1n) is 7.78. The molecule has 1 atom stereocenters. The summed E-state index contributed by atoms with van der Waals surface area (Å²) in [7, 11) is 0. The van der Waals surface area contributed by atoms with Crippen molar-refractivity contribution in [3.05, 3.63) is 35.4 Å². The Labute approximate surface area is 116 Å². The summed E-state index contributed by atoms with van der Waals surface area (Å²) in [6.45, 7) is 6.75. The molecule has 2 aliphatic heterocycles. The second-order valence-electron chi connectivity index (χ2n) is 6.00. The Bertz CT molecular complexity index is 388. The highest BCUT2D eigenvalue weighted by atomic mass is 16.5. The fraction of sp³-hybridized carbons (Fsp3) is 0.647. The van der Waals surface area contributed by atoms with Crippen LogP contribution in [0.5, 0.6) is 0 Å². The standard InChI is InChI=1S/C17H25NO/c1-2-14-6-8-15(9-7-14)16-11-18(12-16)13-17-5-3-4-10-19-17/h6-9,16-17H,2-5,10-13H2,1H3. The molecule has 0 bridgehead atoms. The molecule has 1 aromatic rings. The molecule has 19 heavy (non-hydrogen) atoms. The van der Waals surface area contributed by atoms with Gasteiger partial charge in [-0.3, -0.25) is 4.90 Å². The zero-order valence-electron chi connectivity index (χ0n) is 12.0. The van der Waals surface area contributed by atoms with Gasteiger partial charge in [0.25, 0.3) is 0 Å². The number of ether oxygens (including phenoxy) is 1. The lowest BCUT2D eigenvalue weighted by Gasteiger charge is -2.42. The van der Waals surface area contributed by atoms with Gasteiger partial charge in [0.2, 0.25) is 0 Å². The van der Waals surface area contributed by atoms with Gasteiger partial charge in [-0.15, -0.1) is 0 Å². The van der Waals surface area contributed by atoms with E-state index in [9.17, 15) is 0 Å². The quantitative estimate of drug-likeness (QED) is 0.823. The van der Waals surface area contributed by atoms with E-state index in [-0.39, 0.29) is 0 Å². The Morgan fingerprint density at radius 3 is 2.58 bits per heavy atom. The smallest absolute Gasteiger partial charge is 0.0702 e. The molecule has 3 rings (SSSR count). The third-order valence-corrected chi connectivity index (χ3v) is 4.55. The van der Waals surface area contributed by atoms with E-state index in [0.717, 1.165) is 25.5 Å². The molecule has 0 spiro atoms. The molecule has 2 heteroatoms. The summed E-state index contributed by atoms with van der Waals surface area (Å²) in [5, 5.41) is 0. The molecule has 1 aromatic carbocycles. The molecule has 0 aliphatic carbocycles. The summed E-state index contributed by atoms with van der Waals surface area (Å²) in [6.07, 6.45) is 5.49. The molecule has 0 saturated carbocycles. The van der Waals surface area contributed by atoms with E-state index in [1.165, 1.54) is 43.5 Å². The fourth-order valence-electron chi connectivity index (χ4n) is 3.19. The van der Waals surface area contributed by atoms with E-state index in [1.807, 2.05) is 0 Å². The van der Waals surface area contributed by atoms with Crippen molar-refractivity contribution >= 4 is 0 Å². The minimum atomic E-state index is 0.497. The van der Waals surface area contributed by atoms with Crippen molar-refractivity contribution in [2.24, 2.45) is 0 Å². The molecule has 0 amide bonds. The van der Waals surface area contributed by atoms with Crippen LogP contribution in [0.3, 0.4) is 0 Å². The maximum Gasteiger partial charge on any atom is 0.0702 e. The zero-order valence-corrected chi connectivity index (χ0v) is 12.0. The van der Waals surface area contributed by atoms with Gasteiger partial charge in [0.15, 0.2) is 0 Å². The van der Waals surface area contributed by atoms with Crippen LogP contribution in [0.2, 0.25) is 0 Å². The van der Waals surface area contributed by atoms with E-state index < -0.39 is 0 Å². The molecule has 2 nitrogen and oxygen atoms in total. The average molecular weight is 259 g/mol. The van der Waals surface area contributed by atoms with Crippen molar-refractivity contribution in [3.8, 4) is 0 Å². The van der Waals surface area contributed by atoms with Crippen molar-refractivity contribution < 1.29 is 4.74 Å². The van der Waals surface area contributed by atoms with Crippen LogP contribution in [0.4, 0.5) is 0 Å². The predicted octanol–water partition coefficient (Wildman–Crippen LogP) is 3.22. The van der Waals surface area contributed by atoms with Crippen LogP contribution >= 0.6 is 0 Å². The number of benzene rings is 1. The van der Waals surface area contributed by atoms with Gasteiger partial charge in [0.05, 0.1) is 6.10 Å². The van der Waals surface area contributed by atoms with Crippen molar-refractivity contribution in [1.29, 1.82) is 0 Å². The van der Waals surface area contributed by atoms with Crippen LogP contribution < -0.4 is 0 Å². The van der Waals surface area contributed by atoms with Gasteiger partial charge >= 0.3 is 0 Å². The van der Waals surface area contributed by atoms with E-state index in [4.69, 9.17) is 4.74 Å². The molecule has 0 aromatic heterocycles. The number of likely N-dealkylation sites (tertiary alicyclic amines) is 1. The number of nitrogens with zero attached hydrogens (tertiary/aromatic N) is 1. The van der Waals surface area contributed by atoms with Crippen molar-refractivity contribution in [2.45, 2.75) is 44.6 Å². The van der Waals surface area contributed by atoms with E-state index >= 15 is 0 Å². The average Bonchev–Trinajstić information content (AvgIpc) is 2.44. The highest BCUT2D eigenvalue weighted by molar-refractivity contribution is 5.27. The van der Waals surface area contributed by atoms with Crippen molar-refractivity contribution in [1.82, 2.24) is 4.90 Å². The zero-order chi connectivity index (χ0) is 13.1. The summed E-state index contributed by atoms with van der Waals surface area (Å²) in [5.74, 6) is 0.745. The first-order chi connectivity index (χ1) is 9.35. The van der Waals surface area contributed by atoms with Crippen LogP contribution in [0.1, 0.15) is 43.2 Å². The minimum Gasteiger partial charge on any atom is -0.377 e. The predicted molar refractivity (Wildman–Crippen MR) is 78.6 cm³/mol. The van der Waals surface area contributed by atoms with Crippen LogP contribution in [-0.4, -0.2) is 37.2 Å². The molecule has 2 heterocycles. The maximum atomic E-state index is 5.81. The highest BCUT2D eigenvalue weighted by Gasteiger charge is 2.30. The lowest BCUT2D eigenvalue weighted by molar-refractivity contribution is -0.0210. The van der Waals surface area contributed by atoms with Gasteiger partial charge in [0, 0.05) is 32.2 Å². The summed E-state index contributed by atoms with van der Waals surface area (Å²) < 4.78 is 5.81. The minimum absolute atomic E-state index is 0.497. The number of aryl methyl sites for hydroxylation is 1. The van der Waals surface area contributed by atoms with Gasteiger partial charge in [-0.05, 0) is 36.8 Å². The van der Waals surface area contributed by atoms with Crippen molar-refractivity contribution in [2.75, 3.05) is 26.2 Å². The number of rotatable bonds is 4. The topological polar surface area (TPSA) is 12.5 Å². The number of hydrogen-bond acceptors (Lipinski definition) is 2. The molecular formula is C17H25NO. The normalized spacial score (nSPS) is 25.2. The van der Waals surface area contributed by atoms with Crippen LogP contribution in [-0.2, 0) is 11.2 Å². The van der Waals surface area contributed by atoms with Gasteiger partial charge < -0.3 is 4.74 Å². The molecule has 0 N–H and O–H groups in total. The van der Waals surface area contributed by atoms with Crippen LogP contribution in [0.25, 0.3) is 0 Å². The summed E-state index contributed by atoms with van der Waals surface area (Å²) in [5.41, 5.74) is 2.95. The highest BCUT2D eigenvalue weighted by Crippen LogP contribution is 2.28. The van der Waals surface area contributed by atoms with Gasteiger partial charge in [-0.2, -0.15) is 0 Å². The lowest BCUT2D eigenvalue weighted by atomic mass is 9.90. The Hall–Kier alpha value is -0.860. The molecule has 1 unspecified atom stereocenters. The Kier molecular flexibility index (Phi) is 4.19.